The van der Waals surface area contributed by atoms with Crippen LogP contribution in [0.3, 0.4) is 0 Å². The molecule has 76 valence electrons. The van der Waals surface area contributed by atoms with Crippen LogP contribution in [-0.4, -0.2) is 36.4 Å². The molecule has 0 amide bonds. The molecule has 1 heterocycles. The summed E-state index contributed by atoms with van der Waals surface area (Å²) in [7, 11) is -2.97. The van der Waals surface area contributed by atoms with Crippen molar-refractivity contribution in [2.75, 3.05) is 13.1 Å². The monoisotopic (exact) mass is 223 g/mol. The van der Waals surface area contributed by atoms with Crippen molar-refractivity contribution in [2.45, 2.75) is 36.3 Å². The highest BCUT2D eigenvalue weighted by molar-refractivity contribution is 7.90. The second kappa shape index (κ2) is 3.41. The molecule has 2 rings (SSSR count). The molecule has 1 unspecified atom stereocenters. The number of rotatable bonds is 2. The number of nitrogens with zero attached hydrogens (tertiary/aromatic N) is 1. The van der Waals surface area contributed by atoms with Gasteiger partial charge in [0.2, 0.25) is 10.0 Å². The van der Waals surface area contributed by atoms with Crippen molar-refractivity contribution in [1.29, 1.82) is 0 Å². The molecule has 1 aliphatic heterocycles. The first kappa shape index (κ1) is 9.74. The van der Waals surface area contributed by atoms with E-state index in [-0.39, 0.29) is 10.6 Å². The van der Waals surface area contributed by atoms with E-state index < -0.39 is 10.0 Å². The molecule has 2 fully saturated rings. The largest absolute Gasteiger partial charge is 0.217 e. The molecule has 0 aromatic carbocycles. The van der Waals surface area contributed by atoms with Crippen LogP contribution in [0.15, 0.2) is 0 Å². The minimum Gasteiger partial charge on any atom is -0.212 e. The van der Waals surface area contributed by atoms with Crippen molar-refractivity contribution in [3.05, 3.63) is 0 Å². The van der Waals surface area contributed by atoms with Gasteiger partial charge in [0.05, 0.1) is 5.25 Å². The molecule has 0 N–H and O–H groups in total. The summed E-state index contributed by atoms with van der Waals surface area (Å²) in [6.07, 6.45) is 3.52. The molecule has 3 nitrogen and oxygen atoms in total. The minimum absolute atomic E-state index is 0.0160. The summed E-state index contributed by atoms with van der Waals surface area (Å²) in [6.45, 7) is 1.18. The Morgan fingerprint density at radius 2 is 1.92 bits per heavy atom. The molecule has 0 aromatic heterocycles. The van der Waals surface area contributed by atoms with Gasteiger partial charge >= 0.3 is 0 Å². The highest BCUT2D eigenvalue weighted by Crippen LogP contribution is 2.32. The first-order chi connectivity index (χ1) is 6.10. The molecule has 0 radical (unpaired) electrons. The van der Waals surface area contributed by atoms with Gasteiger partial charge in [0.25, 0.3) is 0 Å². The quantitative estimate of drug-likeness (QED) is 0.660. The fourth-order valence-electron chi connectivity index (χ4n) is 1.70. The van der Waals surface area contributed by atoms with E-state index in [0.717, 1.165) is 25.7 Å². The van der Waals surface area contributed by atoms with Gasteiger partial charge in [0.15, 0.2) is 0 Å². The van der Waals surface area contributed by atoms with E-state index >= 15 is 0 Å². The predicted octanol–water partition coefficient (Wildman–Crippen LogP) is 1.18. The van der Waals surface area contributed by atoms with Gasteiger partial charge in [0, 0.05) is 18.5 Å². The first-order valence-electron chi connectivity index (χ1n) is 4.74. The van der Waals surface area contributed by atoms with E-state index in [1.54, 1.807) is 4.31 Å². The molecule has 1 aliphatic carbocycles. The zero-order chi connectivity index (χ0) is 9.47. The summed E-state index contributed by atoms with van der Waals surface area (Å²) in [4.78, 5) is 0. The molecule has 1 saturated carbocycles. The number of hydrogen-bond donors (Lipinski definition) is 0. The molecule has 1 saturated heterocycles. The maximum Gasteiger partial charge on any atom is 0.217 e. The predicted molar refractivity (Wildman–Crippen MR) is 52.4 cm³/mol. The van der Waals surface area contributed by atoms with Crippen LogP contribution < -0.4 is 0 Å². The van der Waals surface area contributed by atoms with Crippen LogP contribution in [0.1, 0.15) is 25.7 Å². The van der Waals surface area contributed by atoms with Crippen LogP contribution in [0, 0.1) is 0 Å². The molecular weight excluding hydrogens is 210 g/mol. The third-order valence-corrected chi connectivity index (χ3v) is 5.35. The van der Waals surface area contributed by atoms with Crippen molar-refractivity contribution >= 4 is 21.6 Å². The van der Waals surface area contributed by atoms with Gasteiger partial charge in [0.1, 0.15) is 0 Å². The van der Waals surface area contributed by atoms with E-state index in [1.807, 2.05) is 0 Å². The van der Waals surface area contributed by atoms with Crippen LogP contribution in [0.25, 0.3) is 0 Å². The zero-order valence-electron chi connectivity index (χ0n) is 7.45. The lowest BCUT2D eigenvalue weighted by molar-refractivity contribution is 0.350. The average molecular weight is 224 g/mol. The average Bonchev–Trinajstić information content (AvgIpc) is 2.86. The number of alkyl halides is 1. The van der Waals surface area contributed by atoms with Gasteiger partial charge in [-0.05, 0) is 25.7 Å². The lowest BCUT2D eigenvalue weighted by atomic mass is 10.2. The third-order valence-electron chi connectivity index (χ3n) is 2.63. The van der Waals surface area contributed by atoms with Crippen LogP contribution in [-0.2, 0) is 10.0 Å². The molecule has 5 heteroatoms. The highest BCUT2D eigenvalue weighted by atomic mass is 35.5. The number of hydrogen-bond acceptors (Lipinski definition) is 2. The fourth-order valence-corrected chi connectivity index (χ4v) is 4.03. The summed E-state index contributed by atoms with van der Waals surface area (Å²) < 4.78 is 25.1. The lowest BCUT2D eigenvalue weighted by Gasteiger charge is -2.28. The van der Waals surface area contributed by atoms with Gasteiger partial charge < -0.3 is 0 Å². The minimum atomic E-state index is -2.97. The van der Waals surface area contributed by atoms with Crippen molar-refractivity contribution in [1.82, 2.24) is 4.31 Å². The topological polar surface area (TPSA) is 37.4 Å². The third kappa shape index (κ3) is 2.00. The smallest absolute Gasteiger partial charge is 0.212 e. The van der Waals surface area contributed by atoms with E-state index in [1.165, 1.54) is 0 Å². The van der Waals surface area contributed by atoms with Gasteiger partial charge in [-0.2, -0.15) is 0 Å². The van der Waals surface area contributed by atoms with Crippen LogP contribution >= 0.6 is 11.6 Å². The van der Waals surface area contributed by atoms with Gasteiger partial charge in [-0.1, -0.05) is 0 Å². The summed E-state index contributed by atoms with van der Waals surface area (Å²) >= 11 is 5.94. The van der Waals surface area contributed by atoms with Crippen molar-refractivity contribution in [3.63, 3.8) is 0 Å². The molecule has 13 heavy (non-hydrogen) atoms. The van der Waals surface area contributed by atoms with Gasteiger partial charge in [-0.3, -0.25) is 0 Å². The molecule has 0 aromatic rings. The molecule has 0 spiro atoms. The van der Waals surface area contributed by atoms with Crippen LogP contribution in [0.4, 0.5) is 0 Å². The first-order valence-corrected chi connectivity index (χ1v) is 6.67. The Hall–Kier alpha value is 0.200. The lowest BCUT2D eigenvalue weighted by Crippen LogP contribution is -2.41. The number of halogens is 1. The fraction of sp³-hybridized carbons (Fsp3) is 1.00. The van der Waals surface area contributed by atoms with E-state index in [9.17, 15) is 8.42 Å². The van der Waals surface area contributed by atoms with E-state index in [4.69, 9.17) is 11.6 Å². The Balaban J connectivity index is 2.06. The summed E-state index contributed by atoms with van der Waals surface area (Å²) in [6, 6.07) is 0. The second-order valence-corrected chi connectivity index (χ2v) is 6.67. The zero-order valence-corrected chi connectivity index (χ0v) is 9.02. The Labute approximate surface area is 84.1 Å². The number of piperidine rings is 1. The van der Waals surface area contributed by atoms with Crippen molar-refractivity contribution in [2.24, 2.45) is 0 Å². The molecule has 0 bridgehead atoms. The van der Waals surface area contributed by atoms with Crippen LogP contribution in [0.2, 0.25) is 0 Å². The highest BCUT2D eigenvalue weighted by Gasteiger charge is 2.41. The van der Waals surface area contributed by atoms with Crippen LogP contribution in [0.5, 0.6) is 0 Å². The Morgan fingerprint density at radius 3 is 2.46 bits per heavy atom. The summed E-state index contributed by atoms with van der Waals surface area (Å²) in [5, 5.41) is -0.0725. The standard InChI is InChI=1S/C8H14ClNO2S/c9-7-2-1-5-10(6-7)13(11,12)8-3-4-8/h7-8H,1-6H2. The second-order valence-electron chi connectivity index (χ2n) is 3.84. The Morgan fingerprint density at radius 1 is 1.23 bits per heavy atom. The van der Waals surface area contributed by atoms with Crippen molar-refractivity contribution in [3.8, 4) is 0 Å². The SMILES string of the molecule is O=S(=O)(C1CC1)N1CCCC(Cl)C1. The van der Waals surface area contributed by atoms with Crippen molar-refractivity contribution < 1.29 is 8.42 Å². The Bertz CT molecular complexity index is 287. The molecular formula is C8H14ClNO2S. The summed E-state index contributed by atoms with van der Waals surface area (Å²) in [5.74, 6) is 0. The van der Waals surface area contributed by atoms with E-state index in [0.29, 0.717) is 13.1 Å². The normalized spacial score (nSPS) is 31.9. The van der Waals surface area contributed by atoms with E-state index in [2.05, 4.69) is 0 Å². The Kier molecular flexibility index (Phi) is 2.55. The number of sulfonamides is 1. The maximum atomic E-state index is 11.8. The van der Waals surface area contributed by atoms with Gasteiger partial charge in [-0.15, -0.1) is 11.6 Å². The maximum absolute atomic E-state index is 11.8. The van der Waals surface area contributed by atoms with Gasteiger partial charge in [-0.25, -0.2) is 12.7 Å². The molecule has 1 atom stereocenters. The molecule has 2 aliphatic rings. The summed E-state index contributed by atoms with van der Waals surface area (Å²) in [5.41, 5.74) is 0.